The topological polar surface area (TPSA) is 80.0 Å². The van der Waals surface area contributed by atoms with Crippen LogP contribution in [-0.2, 0) is 0 Å². The van der Waals surface area contributed by atoms with E-state index >= 15 is 0 Å². The van der Waals surface area contributed by atoms with Gasteiger partial charge in [0.25, 0.3) is 0 Å². The van der Waals surface area contributed by atoms with Gasteiger partial charge in [0.05, 0.1) is 5.69 Å². The Bertz CT molecular complexity index is 492. The van der Waals surface area contributed by atoms with Crippen molar-refractivity contribution in [3.63, 3.8) is 0 Å². The van der Waals surface area contributed by atoms with Crippen LogP contribution in [0.15, 0.2) is 34.3 Å². The first-order valence-corrected chi connectivity index (χ1v) is 6.44. The molecule has 98 valence electrons. The molecule has 0 bridgehead atoms. The molecule has 4 N–H and O–H groups in total. The maximum atomic E-state index is 5.92. The van der Waals surface area contributed by atoms with Crippen LogP contribution >= 0.6 is 0 Å². The van der Waals surface area contributed by atoms with Gasteiger partial charge in [-0.2, -0.15) is 4.99 Å². The van der Waals surface area contributed by atoms with Gasteiger partial charge in [-0.05, 0) is 31.4 Å². The molecule has 6 heteroatoms. The normalized spacial score (nSPS) is 17.6. The Morgan fingerprint density at radius 1 is 1.16 bits per heavy atom. The highest BCUT2D eigenvalue weighted by Crippen LogP contribution is 2.09. The molecule has 1 fully saturated rings. The summed E-state index contributed by atoms with van der Waals surface area (Å²) in [6, 6.07) is 7.16. The number of aliphatic imine (C=N–C) groups is 2. The molecule has 19 heavy (non-hydrogen) atoms. The highest BCUT2D eigenvalue weighted by atomic mass is 15.3. The molecule has 2 rings (SSSR count). The van der Waals surface area contributed by atoms with E-state index in [0.29, 0.717) is 17.1 Å². The molecule has 0 aliphatic carbocycles. The Labute approximate surface area is 114 Å². The lowest BCUT2D eigenvalue weighted by Gasteiger charge is -2.27. The second-order valence-electron chi connectivity index (χ2n) is 4.58. The fourth-order valence-corrected chi connectivity index (χ4v) is 2.06. The summed E-state index contributed by atoms with van der Waals surface area (Å²) >= 11 is 0. The van der Waals surface area contributed by atoms with E-state index in [0.717, 1.165) is 25.9 Å². The number of likely N-dealkylation sites (tertiary alicyclic amines) is 1. The quantitative estimate of drug-likeness (QED) is 0.428. The summed E-state index contributed by atoms with van der Waals surface area (Å²) in [7, 11) is 5.67. The first kappa shape index (κ1) is 13.5. The predicted octanol–water partition coefficient (Wildman–Crippen LogP) is 0.227. The van der Waals surface area contributed by atoms with Crippen LogP contribution in [-0.4, -0.2) is 37.8 Å². The lowest BCUT2D eigenvalue weighted by Crippen LogP contribution is -2.41. The molecular weight excluding hydrogens is 237 g/mol. The summed E-state index contributed by atoms with van der Waals surface area (Å²) < 4.78 is 0. The van der Waals surface area contributed by atoms with E-state index in [9.17, 15) is 0 Å². The molecule has 1 heterocycles. The Hall–Kier alpha value is -1.98. The summed E-state index contributed by atoms with van der Waals surface area (Å²) in [6.07, 6.45) is 3.53. The smallest absolute Gasteiger partial charge is 0.223 e. The average Bonchev–Trinajstić information content (AvgIpc) is 2.39. The predicted molar refractivity (Wildman–Crippen MR) is 80.2 cm³/mol. The molecule has 1 saturated heterocycles. The fraction of sp³-hybridized carbons (Fsp3) is 0.385. The van der Waals surface area contributed by atoms with E-state index in [4.69, 9.17) is 19.3 Å². The van der Waals surface area contributed by atoms with Crippen molar-refractivity contribution in [3.8, 4) is 0 Å². The number of hydrogen-bond acceptors (Lipinski definition) is 1. The van der Waals surface area contributed by atoms with Gasteiger partial charge in [0, 0.05) is 13.1 Å². The number of nitrogens with two attached hydrogens (primary N) is 2. The lowest BCUT2D eigenvalue weighted by atomic mass is 9.96. The summed E-state index contributed by atoms with van der Waals surface area (Å²) in [5.41, 5.74) is 13.0. The van der Waals surface area contributed by atoms with Crippen LogP contribution in [0.3, 0.4) is 0 Å². The highest BCUT2D eigenvalue weighted by molar-refractivity contribution is 6.32. The first-order chi connectivity index (χ1) is 9.15. The van der Waals surface area contributed by atoms with Gasteiger partial charge in [-0.1, -0.05) is 17.6 Å². The maximum absolute atomic E-state index is 5.92. The van der Waals surface area contributed by atoms with Crippen molar-refractivity contribution >= 4 is 30.9 Å². The summed E-state index contributed by atoms with van der Waals surface area (Å²) in [4.78, 5) is 10.3. The molecule has 1 aromatic carbocycles. The summed E-state index contributed by atoms with van der Waals surface area (Å²) in [5.74, 6) is 0.582. The van der Waals surface area contributed by atoms with Crippen LogP contribution in [0.1, 0.15) is 19.3 Å². The number of hydrogen-bond donors (Lipinski definition) is 2. The van der Waals surface area contributed by atoms with Gasteiger partial charge in [0.2, 0.25) is 5.96 Å². The number of nitrogens with zero attached hydrogens (tertiary/aromatic N) is 3. The molecule has 0 atom stereocenters. The van der Waals surface area contributed by atoms with E-state index < -0.39 is 0 Å². The van der Waals surface area contributed by atoms with Crippen molar-refractivity contribution in [1.29, 1.82) is 0 Å². The third-order valence-corrected chi connectivity index (χ3v) is 3.02. The van der Waals surface area contributed by atoms with Gasteiger partial charge in [-0.25, -0.2) is 4.99 Å². The zero-order valence-corrected chi connectivity index (χ0v) is 10.9. The van der Waals surface area contributed by atoms with Crippen molar-refractivity contribution in [2.24, 2.45) is 21.5 Å². The van der Waals surface area contributed by atoms with Gasteiger partial charge in [0.15, 0.2) is 5.96 Å². The van der Waals surface area contributed by atoms with Crippen molar-refractivity contribution in [2.45, 2.75) is 19.3 Å². The molecule has 1 aliphatic rings. The minimum atomic E-state index is 0.147. The molecule has 1 aromatic rings. The van der Waals surface area contributed by atoms with Gasteiger partial charge in [0.1, 0.15) is 7.85 Å². The number of rotatable bonds is 1. The minimum Gasteiger partial charge on any atom is -0.369 e. The zero-order valence-electron chi connectivity index (χ0n) is 10.9. The van der Waals surface area contributed by atoms with Crippen LogP contribution in [0.4, 0.5) is 5.69 Å². The molecule has 0 unspecified atom stereocenters. The molecule has 0 amide bonds. The van der Waals surface area contributed by atoms with Gasteiger partial charge in [-0.15, -0.1) is 0 Å². The first-order valence-electron chi connectivity index (χ1n) is 6.44. The van der Waals surface area contributed by atoms with Crippen molar-refractivity contribution in [3.05, 3.63) is 24.3 Å². The average molecular weight is 255 g/mol. The summed E-state index contributed by atoms with van der Waals surface area (Å²) in [5, 5.41) is 0. The summed E-state index contributed by atoms with van der Waals surface area (Å²) in [6.45, 7) is 1.86. The number of piperidine rings is 1. The van der Waals surface area contributed by atoms with Gasteiger partial charge >= 0.3 is 0 Å². The van der Waals surface area contributed by atoms with Crippen LogP contribution in [0.2, 0.25) is 0 Å². The van der Waals surface area contributed by atoms with E-state index in [2.05, 4.69) is 9.98 Å². The third kappa shape index (κ3) is 4.01. The minimum absolute atomic E-state index is 0.147. The van der Waals surface area contributed by atoms with Crippen LogP contribution in [0.5, 0.6) is 0 Å². The Morgan fingerprint density at radius 2 is 1.89 bits per heavy atom. The third-order valence-electron chi connectivity index (χ3n) is 3.02. The maximum Gasteiger partial charge on any atom is 0.223 e. The molecule has 0 saturated carbocycles. The lowest BCUT2D eigenvalue weighted by molar-refractivity contribution is 0.339. The SMILES string of the molecule is [B]c1cccc(N=C(N)N=C(N)N2CCCCC2)c1. The Kier molecular flexibility index (Phi) is 4.44. The molecule has 5 nitrogen and oxygen atoms in total. The van der Waals surface area contributed by atoms with Crippen LogP contribution in [0.25, 0.3) is 0 Å². The van der Waals surface area contributed by atoms with Gasteiger partial charge < -0.3 is 16.4 Å². The van der Waals surface area contributed by atoms with Crippen molar-refractivity contribution in [1.82, 2.24) is 4.90 Å². The molecular formula is C13H18BN5. The molecule has 0 spiro atoms. The van der Waals surface area contributed by atoms with Crippen LogP contribution < -0.4 is 16.9 Å². The van der Waals surface area contributed by atoms with Gasteiger partial charge in [-0.3, -0.25) is 0 Å². The monoisotopic (exact) mass is 255 g/mol. The molecule has 0 aromatic heterocycles. The number of guanidine groups is 2. The number of benzene rings is 1. The Balaban J connectivity index is 2.08. The van der Waals surface area contributed by atoms with Crippen molar-refractivity contribution in [2.75, 3.05) is 13.1 Å². The second-order valence-corrected chi connectivity index (χ2v) is 4.58. The second kappa shape index (κ2) is 6.27. The van der Waals surface area contributed by atoms with E-state index in [1.54, 1.807) is 12.1 Å². The van der Waals surface area contributed by atoms with Crippen molar-refractivity contribution < 1.29 is 0 Å². The molecule has 2 radical (unpaired) electrons. The largest absolute Gasteiger partial charge is 0.369 e. The fourth-order valence-electron chi connectivity index (χ4n) is 2.06. The standard InChI is InChI=1S/C13H18BN5/c14-10-5-4-6-11(9-10)17-12(15)18-13(16)19-7-2-1-3-8-19/h4-6,9H,1-3,7-8H2,(H4,15,16,17,18). The van der Waals surface area contributed by atoms with E-state index in [-0.39, 0.29) is 5.96 Å². The zero-order chi connectivity index (χ0) is 13.7. The highest BCUT2D eigenvalue weighted by Gasteiger charge is 2.12. The molecule has 1 aliphatic heterocycles. The van der Waals surface area contributed by atoms with Crippen LogP contribution in [0, 0.1) is 0 Å². The van der Waals surface area contributed by atoms with E-state index in [1.807, 2.05) is 17.0 Å². The Morgan fingerprint density at radius 3 is 2.58 bits per heavy atom. The van der Waals surface area contributed by atoms with E-state index in [1.165, 1.54) is 6.42 Å².